The second-order valence-corrected chi connectivity index (χ2v) is 4.93. The van der Waals surface area contributed by atoms with Crippen LogP contribution in [-0.4, -0.2) is 30.2 Å². The Kier molecular flexibility index (Phi) is 4.06. The molecule has 0 amide bonds. The maximum atomic E-state index is 12.4. The summed E-state index contributed by atoms with van der Waals surface area (Å²) in [6.07, 6.45) is 1.81. The van der Waals surface area contributed by atoms with Crippen LogP contribution in [0.5, 0.6) is 0 Å². The first-order valence-electron chi connectivity index (χ1n) is 6.84. The summed E-state index contributed by atoms with van der Waals surface area (Å²) >= 11 is 0. The van der Waals surface area contributed by atoms with Gasteiger partial charge in [-0.1, -0.05) is 13.3 Å². The van der Waals surface area contributed by atoms with Gasteiger partial charge in [0.1, 0.15) is 0 Å². The lowest BCUT2D eigenvalue weighted by Crippen LogP contribution is -2.37. The van der Waals surface area contributed by atoms with E-state index in [-0.39, 0.29) is 23.9 Å². The second kappa shape index (κ2) is 5.61. The van der Waals surface area contributed by atoms with E-state index in [1.54, 1.807) is 13.8 Å². The average molecular weight is 278 g/mol. The van der Waals surface area contributed by atoms with E-state index in [0.717, 1.165) is 6.42 Å². The Hall–Kier alpha value is -1.91. The summed E-state index contributed by atoms with van der Waals surface area (Å²) in [6, 6.07) is 0. The number of ketones is 2. The van der Waals surface area contributed by atoms with E-state index < -0.39 is 18.0 Å². The first kappa shape index (κ1) is 14.5. The minimum absolute atomic E-state index is 0.00898. The molecule has 0 fully saturated rings. The summed E-state index contributed by atoms with van der Waals surface area (Å²) in [5.74, 6) is -1.65. The molecule has 0 bridgehead atoms. The molecule has 2 rings (SSSR count). The molecule has 0 spiro atoms. The summed E-state index contributed by atoms with van der Waals surface area (Å²) in [7, 11) is 0. The van der Waals surface area contributed by atoms with Crippen molar-refractivity contribution < 1.29 is 23.9 Å². The van der Waals surface area contributed by atoms with Gasteiger partial charge in [-0.05, 0) is 37.5 Å². The Balaban J connectivity index is 2.32. The molecule has 5 nitrogen and oxygen atoms in total. The third-order valence-corrected chi connectivity index (χ3v) is 3.55. The second-order valence-electron chi connectivity index (χ2n) is 4.93. The molecule has 108 valence electrons. The van der Waals surface area contributed by atoms with Gasteiger partial charge in [-0.3, -0.25) is 9.59 Å². The third-order valence-electron chi connectivity index (χ3n) is 3.55. The fourth-order valence-electron chi connectivity index (χ4n) is 2.61. The lowest BCUT2D eigenvalue weighted by Gasteiger charge is -2.23. The van der Waals surface area contributed by atoms with Gasteiger partial charge in [0.05, 0.1) is 12.5 Å². The standard InChI is InChI=1S/C15H18O5/c1-4-6-9-7-10(16)14-11(12(9)17)8(3)13(20-14)15(18)19-5-2/h7,11,14H,4-6H2,1-3H3. The average Bonchev–Trinajstić information content (AvgIpc) is 2.75. The van der Waals surface area contributed by atoms with Crippen molar-refractivity contribution in [2.24, 2.45) is 5.92 Å². The van der Waals surface area contributed by atoms with Crippen molar-refractivity contribution in [3.63, 3.8) is 0 Å². The Labute approximate surface area is 117 Å². The highest BCUT2D eigenvalue weighted by Crippen LogP contribution is 2.38. The van der Waals surface area contributed by atoms with Gasteiger partial charge in [0.15, 0.2) is 17.7 Å². The van der Waals surface area contributed by atoms with Gasteiger partial charge in [0, 0.05) is 0 Å². The minimum atomic E-state index is -0.900. The fraction of sp³-hybridized carbons (Fsp3) is 0.533. The van der Waals surface area contributed by atoms with Gasteiger partial charge in [-0.25, -0.2) is 4.79 Å². The van der Waals surface area contributed by atoms with Crippen LogP contribution in [0.2, 0.25) is 0 Å². The van der Waals surface area contributed by atoms with Crippen LogP contribution in [0.3, 0.4) is 0 Å². The van der Waals surface area contributed by atoms with Crippen LogP contribution in [0, 0.1) is 5.92 Å². The number of esters is 1. The molecule has 0 radical (unpaired) electrons. The zero-order valence-electron chi connectivity index (χ0n) is 11.9. The van der Waals surface area contributed by atoms with Crippen molar-refractivity contribution in [1.82, 2.24) is 0 Å². The zero-order valence-corrected chi connectivity index (χ0v) is 11.9. The molecular formula is C15H18O5. The lowest BCUT2D eigenvalue weighted by molar-refractivity contribution is -0.145. The van der Waals surface area contributed by atoms with E-state index in [0.29, 0.717) is 17.6 Å². The first-order chi connectivity index (χ1) is 9.51. The van der Waals surface area contributed by atoms with Gasteiger partial charge in [0.2, 0.25) is 5.76 Å². The molecule has 5 heteroatoms. The topological polar surface area (TPSA) is 69.7 Å². The molecular weight excluding hydrogens is 260 g/mol. The Bertz CT molecular complexity index is 526. The van der Waals surface area contributed by atoms with Crippen molar-refractivity contribution in [2.75, 3.05) is 6.61 Å². The molecule has 2 unspecified atom stereocenters. The molecule has 0 N–H and O–H groups in total. The Morgan fingerprint density at radius 3 is 2.65 bits per heavy atom. The van der Waals surface area contributed by atoms with Gasteiger partial charge < -0.3 is 9.47 Å². The fourth-order valence-corrected chi connectivity index (χ4v) is 2.61. The highest BCUT2D eigenvalue weighted by Gasteiger charge is 2.48. The van der Waals surface area contributed by atoms with Crippen LogP contribution in [0.1, 0.15) is 33.6 Å². The molecule has 1 aliphatic heterocycles. The third kappa shape index (κ3) is 2.28. The monoisotopic (exact) mass is 278 g/mol. The van der Waals surface area contributed by atoms with Crippen molar-refractivity contribution in [3.8, 4) is 0 Å². The number of hydrogen-bond acceptors (Lipinski definition) is 5. The Morgan fingerprint density at radius 2 is 2.05 bits per heavy atom. The summed E-state index contributed by atoms with van der Waals surface area (Å²) in [5.41, 5.74) is 1.01. The quantitative estimate of drug-likeness (QED) is 0.732. The molecule has 1 heterocycles. The number of hydrogen-bond donors (Lipinski definition) is 0. The van der Waals surface area contributed by atoms with Gasteiger partial charge in [-0.2, -0.15) is 0 Å². The van der Waals surface area contributed by atoms with Crippen molar-refractivity contribution in [1.29, 1.82) is 0 Å². The minimum Gasteiger partial charge on any atom is -0.474 e. The van der Waals surface area contributed by atoms with E-state index in [1.807, 2.05) is 6.92 Å². The largest absolute Gasteiger partial charge is 0.474 e. The number of carbonyl (C=O) groups is 3. The predicted molar refractivity (Wildman–Crippen MR) is 70.7 cm³/mol. The van der Waals surface area contributed by atoms with E-state index in [1.165, 1.54) is 6.08 Å². The van der Waals surface area contributed by atoms with Crippen LogP contribution in [0.15, 0.2) is 23.0 Å². The van der Waals surface area contributed by atoms with Crippen LogP contribution in [-0.2, 0) is 23.9 Å². The predicted octanol–water partition coefficient (Wildman–Crippen LogP) is 1.72. The van der Waals surface area contributed by atoms with E-state index in [2.05, 4.69) is 0 Å². The smallest absolute Gasteiger partial charge is 0.373 e. The van der Waals surface area contributed by atoms with Gasteiger partial charge >= 0.3 is 5.97 Å². The lowest BCUT2D eigenvalue weighted by atomic mass is 9.80. The molecule has 0 aromatic heterocycles. The zero-order chi connectivity index (χ0) is 14.9. The van der Waals surface area contributed by atoms with Crippen LogP contribution in [0.4, 0.5) is 0 Å². The van der Waals surface area contributed by atoms with E-state index >= 15 is 0 Å². The number of ether oxygens (including phenoxy) is 2. The van der Waals surface area contributed by atoms with E-state index in [4.69, 9.17) is 9.47 Å². The van der Waals surface area contributed by atoms with Crippen LogP contribution < -0.4 is 0 Å². The van der Waals surface area contributed by atoms with E-state index in [9.17, 15) is 14.4 Å². The highest BCUT2D eigenvalue weighted by molar-refractivity contribution is 6.14. The van der Waals surface area contributed by atoms with Gasteiger partial charge in [-0.15, -0.1) is 0 Å². The maximum absolute atomic E-state index is 12.4. The SMILES string of the molecule is CCCC1=CC(=O)C2OC(C(=O)OCC)=C(C)C2C1=O. The number of carbonyl (C=O) groups excluding carboxylic acids is 3. The molecule has 20 heavy (non-hydrogen) atoms. The normalized spacial score (nSPS) is 25.2. The number of allylic oxidation sites excluding steroid dienone is 1. The summed E-state index contributed by atoms with van der Waals surface area (Å²) in [4.78, 5) is 36.2. The molecule has 0 aromatic carbocycles. The highest BCUT2D eigenvalue weighted by atomic mass is 16.6. The number of rotatable bonds is 4. The number of fused-ring (bicyclic) bond motifs is 1. The molecule has 2 aliphatic rings. The number of Topliss-reactive ketones (excluding diaryl/α,β-unsaturated/α-hetero) is 1. The Morgan fingerprint density at radius 1 is 1.35 bits per heavy atom. The molecule has 0 aromatic rings. The van der Waals surface area contributed by atoms with Crippen molar-refractivity contribution in [3.05, 3.63) is 23.0 Å². The summed E-state index contributed by atoms with van der Waals surface area (Å²) < 4.78 is 10.3. The first-order valence-corrected chi connectivity index (χ1v) is 6.84. The molecule has 0 saturated heterocycles. The maximum Gasteiger partial charge on any atom is 0.373 e. The molecule has 2 atom stereocenters. The summed E-state index contributed by atoms with van der Waals surface area (Å²) in [6.45, 7) is 5.50. The van der Waals surface area contributed by atoms with Crippen molar-refractivity contribution in [2.45, 2.75) is 39.7 Å². The summed E-state index contributed by atoms with van der Waals surface area (Å²) in [5, 5.41) is 0. The van der Waals surface area contributed by atoms with Crippen LogP contribution in [0.25, 0.3) is 0 Å². The molecule has 1 aliphatic carbocycles. The van der Waals surface area contributed by atoms with Crippen molar-refractivity contribution >= 4 is 17.5 Å². The van der Waals surface area contributed by atoms with Gasteiger partial charge in [0.25, 0.3) is 0 Å². The van der Waals surface area contributed by atoms with Crippen LogP contribution >= 0.6 is 0 Å². The molecule has 0 saturated carbocycles.